The summed E-state index contributed by atoms with van der Waals surface area (Å²) in [6.07, 6.45) is 5.26. The highest BCUT2D eigenvalue weighted by molar-refractivity contribution is 6.04. The lowest BCUT2D eigenvalue weighted by atomic mass is 9.78. The van der Waals surface area contributed by atoms with Crippen LogP contribution in [0.15, 0.2) is 41.0 Å². The van der Waals surface area contributed by atoms with Crippen LogP contribution in [0.3, 0.4) is 0 Å². The van der Waals surface area contributed by atoms with Crippen LogP contribution in [0.1, 0.15) is 86.8 Å². The number of unbranched alkanes of at least 4 members (excludes halogenated alkanes) is 1. The lowest BCUT2D eigenvalue weighted by molar-refractivity contribution is 0.0441. The summed E-state index contributed by atoms with van der Waals surface area (Å²) in [5.74, 6) is -0.0669. The average molecular weight is 440 g/mol. The molecular formula is C26H37N3O3. The van der Waals surface area contributed by atoms with Crippen molar-refractivity contribution in [3.05, 3.63) is 53.5 Å². The molecule has 174 valence electrons. The van der Waals surface area contributed by atoms with Gasteiger partial charge in [0.25, 0.3) is 11.8 Å². The molecule has 0 radical (unpaired) electrons. The number of amides is 2. The SMILES string of the molecule is CCCCN(C(=O)c1ccc(C)c(NC(=O)c2ccco2)c1)C1CC(C)(C)NC(C)(C)C1. The van der Waals surface area contributed by atoms with E-state index in [1.165, 1.54) is 6.26 Å². The van der Waals surface area contributed by atoms with Gasteiger partial charge in [-0.3, -0.25) is 9.59 Å². The van der Waals surface area contributed by atoms with Crippen molar-refractivity contribution in [1.82, 2.24) is 10.2 Å². The Morgan fingerprint density at radius 1 is 1.16 bits per heavy atom. The van der Waals surface area contributed by atoms with Crippen LogP contribution in [-0.4, -0.2) is 40.4 Å². The summed E-state index contributed by atoms with van der Waals surface area (Å²) in [4.78, 5) is 28.2. The minimum Gasteiger partial charge on any atom is -0.459 e. The highest BCUT2D eigenvalue weighted by Gasteiger charge is 2.41. The molecule has 1 aromatic carbocycles. The topological polar surface area (TPSA) is 74.6 Å². The molecule has 1 aliphatic rings. The van der Waals surface area contributed by atoms with Crippen LogP contribution in [0.4, 0.5) is 5.69 Å². The Morgan fingerprint density at radius 2 is 1.84 bits per heavy atom. The third-order valence-electron chi connectivity index (χ3n) is 6.10. The van der Waals surface area contributed by atoms with E-state index in [-0.39, 0.29) is 34.7 Å². The number of carbonyl (C=O) groups is 2. The summed E-state index contributed by atoms with van der Waals surface area (Å²) in [7, 11) is 0. The van der Waals surface area contributed by atoms with Gasteiger partial charge in [0, 0.05) is 34.9 Å². The highest BCUT2D eigenvalue weighted by Crippen LogP contribution is 2.33. The van der Waals surface area contributed by atoms with Crippen molar-refractivity contribution in [2.45, 2.75) is 84.3 Å². The number of piperidine rings is 1. The molecule has 1 aromatic heterocycles. The lowest BCUT2D eigenvalue weighted by Gasteiger charge is -2.49. The zero-order chi connectivity index (χ0) is 23.5. The van der Waals surface area contributed by atoms with E-state index in [0.717, 1.165) is 37.8 Å². The molecule has 2 N–H and O–H groups in total. The molecule has 6 heteroatoms. The first-order chi connectivity index (χ1) is 15.0. The number of aryl methyl sites for hydroxylation is 1. The predicted molar refractivity (Wildman–Crippen MR) is 128 cm³/mol. The van der Waals surface area contributed by atoms with Crippen LogP contribution in [0.2, 0.25) is 0 Å². The van der Waals surface area contributed by atoms with Gasteiger partial charge in [0.05, 0.1) is 6.26 Å². The number of hydrogen-bond donors (Lipinski definition) is 2. The fraction of sp³-hybridized carbons (Fsp3) is 0.538. The number of nitrogens with zero attached hydrogens (tertiary/aromatic N) is 1. The van der Waals surface area contributed by atoms with Gasteiger partial charge in [0.2, 0.25) is 0 Å². The zero-order valence-electron chi connectivity index (χ0n) is 20.2. The van der Waals surface area contributed by atoms with Crippen molar-refractivity contribution in [3.8, 4) is 0 Å². The minimum atomic E-state index is -0.326. The number of hydrogen-bond acceptors (Lipinski definition) is 4. The van der Waals surface area contributed by atoms with E-state index in [2.05, 4.69) is 50.2 Å². The number of rotatable bonds is 7. The van der Waals surface area contributed by atoms with E-state index < -0.39 is 0 Å². The second kappa shape index (κ2) is 9.49. The first kappa shape index (κ1) is 24.1. The molecule has 32 heavy (non-hydrogen) atoms. The summed E-state index contributed by atoms with van der Waals surface area (Å²) >= 11 is 0. The first-order valence-corrected chi connectivity index (χ1v) is 11.6. The summed E-state index contributed by atoms with van der Waals surface area (Å²) in [6.45, 7) is 13.6. The van der Waals surface area contributed by atoms with Gasteiger partial charge in [-0.05, 0) is 83.7 Å². The molecular weight excluding hydrogens is 402 g/mol. The fourth-order valence-corrected chi connectivity index (χ4v) is 4.91. The van der Waals surface area contributed by atoms with Gasteiger partial charge in [0.15, 0.2) is 5.76 Å². The van der Waals surface area contributed by atoms with Gasteiger partial charge in [-0.25, -0.2) is 0 Å². The van der Waals surface area contributed by atoms with Crippen LogP contribution < -0.4 is 10.6 Å². The molecule has 2 amide bonds. The molecule has 6 nitrogen and oxygen atoms in total. The Kier molecular flexibility index (Phi) is 7.13. The number of anilines is 1. The van der Waals surface area contributed by atoms with Crippen LogP contribution in [0.25, 0.3) is 0 Å². The minimum absolute atomic E-state index is 0.0189. The molecule has 0 bridgehead atoms. The van der Waals surface area contributed by atoms with Crippen LogP contribution in [0, 0.1) is 6.92 Å². The van der Waals surface area contributed by atoms with Gasteiger partial charge < -0.3 is 20.0 Å². The van der Waals surface area contributed by atoms with Crippen molar-refractivity contribution in [3.63, 3.8) is 0 Å². The molecule has 0 spiro atoms. The van der Waals surface area contributed by atoms with Crippen molar-refractivity contribution < 1.29 is 14.0 Å². The molecule has 0 atom stereocenters. The van der Waals surface area contributed by atoms with Gasteiger partial charge in [-0.15, -0.1) is 0 Å². The van der Waals surface area contributed by atoms with Gasteiger partial charge >= 0.3 is 0 Å². The monoisotopic (exact) mass is 439 g/mol. The summed E-state index contributed by atoms with van der Waals surface area (Å²) in [6, 6.07) is 8.98. The maximum Gasteiger partial charge on any atom is 0.291 e. The molecule has 0 saturated carbocycles. The fourth-order valence-electron chi connectivity index (χ4n) is 4.91. The largest absolute Gasteiger partial charge is 0.459 e. The molecule has 2 aromatic rings. The standard InChI is InChI=1S/C26H37N3O3/c1-7-8-13-29(20-16-25(3,4)28-26(5,6)17-20)24(31)19-12-11-18(2)21(15-19)27-23(30)22-10-9-14-32-22/h9-12,14-15,20,28H,7-8,13,16-17H2,1-6H3,(H,27,30). The van der Waals surface area contributed by atoms with Crippen LogP contribution >= 0.6 is 0 Å². The maximum absolute atomic E-state index is 13.7. The lowest BCUT2D eigenvalue weighted by Crippen LogP contribution is -2.62. The molecule has 1 fully saturated rings. The Labute approximate surface area is 191 Å². The quantitative estimate of drug-likeness (QED) is 0.606. The Balaban J connectivity index is 1.87. The highest BCUT2D eigenvalue weighted by atomic mass is 16.3. The van der Waals surface area contributed by atoms with Gasteiger partial charge in [-0.2, -0.15) is 0 Å². The number of furan rings is 1. The Morgan fingerprint density at radius 3 is 2.44 bits per heavy atom. The molecule has 2 heterocycles. The third-order valence-corrected chi connectivity index (χ3v) is 6.10. The van der Waals surface area contributed by atoms with E-state index in [4.69, 9.17) is 4.42 Å². The number of carbonyl (C=O) groups excluding carboxylic acids is 2. The normalized spacial score (nSPS) is 17.7. The molecule has 1 saturated heterocycles. The first-order valence-electron chi connectivity index (χ1n) is 11.6. The van der Waals surface area contributed by atoms with Crippen molar-refractivity contribution >= 4 is 17.5 Å². The number of nitrogens with one attached hydrogen (secondary N) is 2. The molecule has 0 aliphatic carbocycles. The Hall–Kier alpha value is -2.60. The van der Waals surface area contributed by atoms with E-state index in [9.17, 15) is 9.59 Å². The zero-order valence-corrected chi connectivity index (χ0v) is 20.2. The summed E-state index contributed by atoms with van der Waals surface area (Å²) < 4.78 is 5.19. The second-order valence-electron chi connectivity index (χ2n) is 10.3. The van der Waals surface area contributed by atoms with Crippen LogP contribution in [-0.2, 0) is 0 Å². The summed E-state index contributed by atoms with van der Waals surface area (Å²) in [5, 5.41) is 6.59. The van der Waals surface area contributed by atoms with Crippen molar-refractivity contribution in [1.29, 1.82) is 0 Å². The second-order valence-corrected chi connectivity index (χ2v) is 10.3. The summed E-state index contributed by atoms with van der Waals surface area (Å²) in [5.41, 5.74) is 2.01. The smallest absolute Gasteiger partial charge is 0.291 e. The Bertz CT molecular complexity index is 931. The molecule has 1 aliphatic heterocycles. The molecule has 3 rings (SSSR count). The number of benzene rings is 1. The van der Waals surface area contributed by atoms with E-state index in [1.807, 2.05) is 19.1 Å². The van der Waals surface area contributed by atoms with Gasteiger partial charge in [-0.1, -0.05) is 19.4 Å². The van der Waals surface area contributed by atoms with Crippen molar-refractivity contribution in [2.75, 3.05) is 11.9 Å². The average Bonchev–Trinajstić information content (AvgIpc) is 3.22. The van der Waals surface area contributed by atoms with Crippen LogP contribution in [0.5, 0.6) is 0 Å². The van der Waals surface area contributed by atoms with Crippen molar-refractivity contribution in [2.24, 2.45) is 0 Å². The van der Waals surface area contributed by atoms with Gasteiger partial charge in [0.1, 0.15) is 0 Å². The molecule has 0 unspecified atom stereocenters. The third kappa shape index (κ3) is 5.80. The van der Waals surface area contributed by atoms with E-state index in [0.29, 0.717) is 11.3 Å². The van der Waals surface area contributed by atoms with E-state index in [1.54, 1.807) is 18.2 Å². The van der Waals surface area contributed by atoms with E-state index >= 15 is 0 Å². The maximum atomic E-state index is 13.7. The predicted octanol–water partition coefficient (Wildman–Crippen LogP) is 5.39.